The molecule has 0 atom stereocenters. The zero-order chi connectivity index (χ0) is 18.6. The van der Waals surface area contributed by atoms with Crippen molar-refractivity contribution >= 4 is 17.5 Å². The van der Waals surface area contributed by atoms with Gasteiger partial charge in [0.1, 0.15) is 0 Å². The van der Waals surface area contributed by atoms with E-state index in [2.05, 4.69) is 15.5 Å². The summed E-state index contributed by atoms with van der Waals surface area (Å²) in [4.78, 5) is 28.9. The van der Waals surface area contributed by atoms with Crippen LogP contribution in [-0.4, -0.2) is 56.0 Å². The quantitative estimate of drug-likeness (QED) is 0.796. The van der Waals surface area contributed by atoms with Crippen LogP contribution in [0.1, 0.15) is 21.7 Å². The number of anilines is 1. The summed E-state index contributed by atoms with van der Waals surface area (Å²) in [6.07, 6.45) is 1.91. The normalized spacial score (nSPS) is 17.2. The topological polar surface area (TPSA) is 77.8 Å². The molecule has 142 valence electrons. The van der Waals surface area contributed by atoms with Crippen LogP contribution in [0, 0.1) is 0 Å². The number of nitrogens with zero attached hydrogens (tertiary/aromatic N) is 2. The zero-order valence-corrected chi connectivity index (χ0v) is 15.2. The average Bonchev–Trinajstić information content (AvgIpc) is 3.28. The number of carbonyl (C=O) groups is 2. The third-order valence-corrected chi connectivity index (χ3v) is 5.13. The van der Waals surface area contributed by atoms with Crippen LogP contribution in [0.4, 0.5) is 5.69 Å². The Balaban J connectivity index is 1.38. The zero-order valence-electron chi connectivity index (χ0n) is 15.2. The largest absolute Gasteiger partial charge is 0.459 e. The fourth-order valence-electron chi connectivity index (χ4n) is 3.66. The van der Waals surface area contributed by atoms with Crippen molar-refractivity contribution in [2.75, 3.05) is 44.2 Å². The maximum absolute atomic E-state index is 12.5. The van der Waals surface area contributed by atoms with E-state index in [0.29, 0.717) is 19.5 Å². The molecule has 2 aliphatic heterocycles. The number of hydrogen-bond acceptors (Lipinski definition) is 5. The number of amides is 2. The van der Waals surface area contributed by atoms with Crippen LogP contribution in [-0.2, 0) is 17.8 Å². The summed E-state index contributed by atoms with van der Waals surface area (Å²) >= 11 is 0. The number of nitrogens with one attached hydrogen (secondary N) is 2. The Morgan fingerprint density at radius 3 is 2.85 bits per heavy atom. The van der Waals surface area contributed by atoms with Gasteiger partial charge in [0, 0.05) is 50.5 Å². The lowest BCUT2D eigenvalue weighted by Crippen LogP contribution is -2.46. The van der Waals surface area contributed by atoms with Crippen molar-refractivity contribution in [2.24, 2.45) is 0 Å². The number of fused-ring (bicyclic) bond motifs is 1. The Hall–Kier alpha value is -2.64. The van der Waals surface area contributed by atoms with Crippen molar-refractivity contribution in [1.82, 2.24) is 15.5 Å². The molecule has 7 nitrogen and oxygen atoms in total. The minimum absolute atomic E-state index is 0.0440. The SMILES string of the molecule is O=C(NCCN1CCNCC1)c1occc1CN1C(=O)Cc2ccccc21. The maximum atomic E-state index is 12.5. The molecule has 0 radical (unpaired) electrons. The summed E-state index contributed by atoms with van der Waals surface area (Å²) in [7, 11) is 0. The number of benzene rings is 1. The number of piperazine rings is 1. The standard InChI is InChI=1S/C20H24N4O3/c25-18-13-15-3-1-2-4-17(15)24(18)14-16-5-12-27-19(16)20(26)22-8-11-23-9-6-21-7-10-23/h1-5,12,21H,6-11,13-14H2,(H,22,26). The molecule has 2 amide bonds. The van der Waals surface area contributed by atoms with E-state index in [1.54, 1.807) is 11.0 Å². The molecule has 3 heterocycles. The van der Waals surface area contributed by atoms with E-state index in [-0.39, 0.29) is 17.6 Å². The Morgan fingerprint density at radius 1 is 1.19 bits per heavy atom. The third-order valence-electron chi connectivity index (χ3n) is 5.13. The van der Waals surface area contributed by atoms with Gasteiger partial charge in [-0.3, -0.25) is 14.5 Å². The van der Waals surface area contributed by atoms with E-state index in [9.17, 15) is 9.59 Å². The minimum Gasteiger partial charge on any atom is -0.459 e. The van der Waals surface area contributed by atoms with Crippen LogP contribution in [0.3, 0.4) is 0 Å². The van der Waals surface area contributed by atoms with Crippen molar-refractivity contribution in [3.8, 4) is 0 Å². The Kier molecular flexibility index (Phi) is 5.22. The number of carbonyl (C=O) groups excluding carboxylic acids is 2. The summed E-state index contributed by atoms with van der Waals surface area (Å²) in [5.41, 5.74) is 2.65. The van der Waals surface area contributed by atoms with E-state index in [1.807, 2.05) is 24.3 Å². The Bertz CT molecular complexity index is 826. The second-order valence-corrected chi connectivity index (χ2v) is 6.91. The summed E-state index contributed by atoms with van der Waals surface area (Å²) in [6, 6.07) is 9.52. The lowest BCUT2D eigenvalue weighted by atomic mass is 10.1. The molecule has 1 fully saturated rings. The molecule has 4 rings (SSSR count). The van der Waals surface area contributed by atoms with Crippen LogP contribution in [0.2, 0.25) is 0 Å². The van der Waals surface area contributed by atoms with E-state index in [0.717, 1.165) is 49.5 Å². The smallest absolute Gasteiger partial charge is 0.287 e. The first-order chi connectivity index (χ1) is 13.2. The first-order valence-corrected chi connectivity index (χ1v) is 9.38. The summed E-state index contributed by atoms with van der Waals surface area (Å²) < 4.78 is 5.43. The number of hydrogen-bond donors (Lipinski definition) is 2. The first kappa shape index (κ1) is 17.8. The maximum Gasteiger partial charge on any atom is 0.287 e. The van der Waals surface area contributed by atoms with Crippen molar-refractivity contribution in [2.45, 2.75) is 13.0 Å². The van der Waals surface area contributed by atoms with Crippen molar-refractivity contribution in [3.63, 3.8) is 0 Å². The minimum atomic E-state index is -0.231. The van der Waals surface area contributed by atoms with Gasteiger partial charge < -0.3 is 20.0 Å². The molecule has 1 aromatic carbocycles. The van der Waals surface area contributed by atoms with Gasteiger partial charge in [-0.15, -0.1) is 0 Å². The fraction of sp³-hybridized carbons (Fsp3) is 0.400. The van der Waals surface area contributed by atoms with E-state index < -0.39 is 0 Å². The average molecular weight is 368 g/mol. The monoisotopic (exact) mass is 368 g/mol. The molecule has 0 aliphatic carbocycles. The van der Waals surface area contributed by atoms with Gasteiger partial charge in [-0.05, 0) is 17.7 Å². The highest BCUT2D eigenvalue weighted by atomic mass is 16.3. The lowest BCUT2D eigenvalue weighted by molar-refractivity contribution is -0.117. The van der Waals surface area contributed by atoms with Crippen LogP contribution < -0.4 is 15.5 Å². The molecule has 0 unspecified atom stereocenters. The van der Waals surface area contributed by atoms with Crippen LogP contribution in [0.5, 0.6) is 0 Å². The second kappa shape index (κ2) is 7.94. The van der Waals surface area contributed by atoms with Gasteiger partial charge in [0.05, 0.1) is 19.2 Å². The van der Waals surface area contributed by atoms with E-state index in [4.69, 9.17) is 4.42 Å². The van der Waals surface area contributed by atoms with Gasteiger partial charge in [0.2, 0.25) is 5.91 Å². The summed E-state index contributed by atoms with van der Waals surface area (Å²) in [5, 5.41) is 6.24. The molecule has 1 saturated heterocycles. The Labute approximate surface area is 158 Å². The van der Waals surface area contributed by atoms with Gasteiger partial charge in [-0.1, -0.05) is 18.2 Å². The highest BCUT2D eigenvalue weighted by Crippen LogP contribution is 2.30. The number of furan rings is 1. The third kappa shape index (κ3) is 3.89. The molecular weight excluding hydrogens is 344 g/mol. The molecule has 7 heteroatoms. The van der Waals surface area contributed by atoms with Crippen molar-refractivity contribution in [3.05, 3.63) is 53.5 Å². The molecule has 0 saturated carbocycles. The van der Waals surface area contributed by atoms with Crippen LogP contribution >= 0.6 is 0 Å². The van der Waals surface area contributed by atoms with Gasteiger partial charge in [0.25, 0.3) is 5.91 Å². The molecule has 1 aromatic heterocycles. The molecule has 2 aliphatic rings. The van der Waals surface area contributed by atoms with Gasteiger partial charge in [-0.25, -0.2) is 0 Å². The molecule has 0 spiro atoms. The van der Waals surface area contributed by atoms with Gasteiger partial charge in [0.15, 0.2) is 5.76 Å². The van der Waals surface area contributed by atoms with Gasteiger partial charge in [-0.2, -0.15) is 0 Å². The van der Waals surface area contributed by atoms with Gasteiger partial charge >= 0.3 is 0 Å². The van der Waals surface area contributed by atoms with Crippen molar-refractivity contribution < 1.29 is 14.0 Å². The molecule has 0 bridgehead atoms. The predicted octanol–water partition coefficient (Wildman–Crippen LogP) is 1.00. The molecule has 27 heavy (non-hydrogen) atoms. The van der Waals surface area contributed by atoms with E-state index >= 15 is 0 Å². The first-order valence-electron chi connectivity index (χ1n) is 9.38. The number of rotatable bonds is 6. The molecule has 2 aromatic rings. The second-order valence-electron chi connectivity index (χ2n) is 6.91. The molecular formula is C20H24N4O3. The van der Waals surface area contributed by atoms with Crippen molar-refractivity contribution in [1.29, 1.82) is 0 Å². The lowest BCUT2D eigenvalue weighted by Gasteiger charge is -2.27. The highest BCUT2D eigenvalue weighted by molar-refractivity contribution is 6.01. The predicted molar refractivity (Wildman–Crippen MR) is 102 cm³/mol. The molecule has 2 N–H and O–H groups in total. The number of para-hydroxylation sites is 1. The van der Waals surface area contributed by atoms with Crippen LogP contribution in [0.25, 0.3) is 0 Å². The summed E-state index contributed by atoms with van der Waals surface area (Å²) in [6.45, 7) is 5.71. The Morgan fingerprint density at radius 2 is 2.00 bits per heavy atom. The van der Waals surface area contributed by atoms with Crippen LogP contribution in [0.15, 0.2) is 41.0 Å². The van der Waals surface area contributed by atoms with E-state index in [1.165, 1.54) is 6.26 Å². The summed E-state index contributed by atoms with van der Waals surface area (Å²) in [5.74, 6) is 0.0972. The fourth-order valence-corrected chi connectivity index (χ4v) is 3.66. The highest BCUT2D eigenvalue weighted by Gasteiger charge is 2.28.